The van der Waals surface area contributed by atoms with Crippen molar-refractivity contribution in [2.75, 3.05) is 13.7 Å². The number of esters is 1. The number of ether oxygens (including phenoxy) is 2. The van der Waals surface area contributed by atoms with Crippen LogP contribution in [0.3, 0.4) is 0 Å². The number of alkyl carbamates (subject to hydrolysis) is 1. The van der Waals surface area contributed by atoms with Gasteiger partial charge in [-0.05, 0) is 34.7 Å². The summed E-state index contributed by atoms with van der Waals surface area (Å²) in [7, 11) is 1.40. The molecule has 0 aliphatic rings. The van der Waals surface area contributed by atoms with Gasteiger partial charge >= 0.3 is 12.1 Å². The first-order valence-corrected chi connectivity index (χ1v) is 11.9. The van der Waals surface area contributed by atoms with Crippen LogP contribution in [0.25, 0.3) is 10.8 Å². The highest BCUT2D eigenvalue weighted by atomic mass is 16.5. The van der Waals surface area contributed by atoms with Gasteiger partial charge < -0.3 is 20.1 Å². The van der Waals surface area contributed by atoms with Crippen molar-refractivity contribution in [2.45, 2.75) is 51.3 Å². The summed E-state index contributed by atoms with van der Waals surface area (Å²) >= 11 is 0. The molecule has 180 valence electrons. The molecule has 0 radical (unpaired) electrons. The lowest BCUT2D eigenvalue weighted by molar-refractivity contribution is -0.143. The molecule has 6 heteroatoms. The molecule has 0 fully saturated rings. The summed E-state index contributed by atoms with van der Waals surface area (Å²) in [6.07, 6.45) is 2.68. The van der Waals surface area contributed by atoms with Gasteiger partial charge in [-0.1, -0.05) is 92.6 Å². The van der Waals surface area contributed by atoms with E-state index in [0.29, 0.717) is 19.4 Å². The maximum absolute atomic E-state index is 12.6. The first-order valence-electron chi connectivity index (χ1n) is 11.9. The Morgan fingerprint density at radius 3 is 2.44 bits per heavy atom. The second kappa shape index (κ2) is 13.4. The highest BCUT2D eigenvalue weighted by molar-refractivity contribution is 5.85. The van der Waals surface area contributed by atoms with Gasteiger partial charge in [0.1, 0.15) is 12.6 Å². The van der Waals surface area contributed by atoms with Crippen LogP contribution in [0.5, 0.6) is 0 Å². The van der Waals surface area contributed by atoms with Gasteiger partial charge in [0.2, 0.25) is 0 Å². The first-order chi connectivity index (χ1) is 16.6. The Kier molecular flexibility index (Phi) is 9.92. The van der Waals surface area contributed by atoms with Crippen LogP contribution >= 0.6 is 0 Å². The molecule has 0 heterocycles. The number of carbonyl (C=O) groups excluding carboxylic acids is 2. The molecule has 3 aromatic carbocycles. The van der Waals surface area contributed by atoms with E-state index in [4.69, 9.17) is 9.47 Å². The number of amides is 1. The van der Waals surface area contributed by atoms with Crippen LogP contribution in [-0.4, -0.2) is 37.8 Å². The summed E-state index contributed by atoms with van der Waals surface area (Å²) in [5, 5.41) is 8.59. The Morgan fingerprint density at radius 1 is 0.941 bits per heavy atom. The largest absolute Gasteiger partial charge is 0.468 e. The minimum absolute atomic E-state index is 0.197. The maximum atomic E-state index is 12.6. The van der Waals surface area contributed by atoms with E-state index in [0.717, 1.165) is 34.7 Å². The van der Waals surface area contributed by atoms with E-state index in [-0.39, 0.29) is 18.6 Å². The maximum Gasteiger partial charge on any atom is 0.407 e. The van der Waals surface area contributed by atoms with Crippen molar-refractivity contribution in [1.82, 2.24) is 10.6 Å². The quantitative estimate of drug-likeness (QED) is 0.371. The van der Waals surface area contributed by atoms with E-state index >= 15 is 0 Å². The fourth-order valence-electron chi connectivity index (χ4n) is 3.98. The number of hydrogen-bond donors (Lipinski definition) is 2. The van der Waals surface area contributed by atoms with E-state index in [9.17, 15) is 9.59 Å². The number of fused-ring (bicyclic) bond motifs is 1. The van der Waals surface area contributed by atoms with Gasteiger partial charge in [-0.3, -0.25) is 4.79 Å². The van der Waals surface area contributed by atoms with E-state index in [1.54, 1.807) is 0 Å². The van der Waals surface area contributed by atoms with Crippen molar-refractivity contribution in [1.29, 1.82) is 0 Å². The smallest absolute Gasteiger partial charge is 0.407 e. The molecule has 0 bridgehead atoms. The molecule has 0 unspecified atom stereocenters. The highest BCUT2D eigenvalue weighted by Gasteiger charge is 2.22. The SMILES string of the molecule is CCCC[C@H](NC[C@H](Cc1cccc2ccccc12)NC(=O)OCc1ccccc1)C(=O)OC. The summed E-state index contributed by atoms with van der Waals surface area (Å²) in [6, 6.07) is 23.2. The molecular formula is C28H34N2O4. The second-order valence-corrected chi connectivity index (χ2v) is 8.37. The number of methoxy groups -OCH3 is 1. The van der Waals surface area contributed by atoms with Crippen LogP contribution in [0.2, 0.25) is 0 Å². The van der Waals surface area contributed by atoms with Crippen molar-refractivity contribution in [3.05, 3.63) is 83.9 Å². The lowest BCUT2D eigenvalue weighted by Gasteiger charge is -2.23. The zero-order valence-corrected chi connectivity index (χ0v) is 20.0. The molecule has 0 aliphatic carbocycles. The molecule has 34 heavy (non-hydrogen) atoms. The molecule has 0 spiro atoms. The van der Waals surface area contributed by atoms with Gasteiger partial charge in [0.05, 0.1) is 7.11 Å². The summed E-state index contributed by atoms with van der Waals surface area (Å²) in [6.45, 7) is 2.69. The predicted molar refractivity (Wildman–Crippen MR) is 135 cm³/mol. The average molecular weight is 463 g/mol. The van der Waals surface area contributed by atoms with Gasteiger partial charge in [-0.15, -0.1) is 0 Å². The van der Waals surface area contributed by atoms with E-state index in [1.807, 2.05) is 48.5 Å². The molecule has 3 aromatic rings. The van der Waals surface area contributed by atoms with Crippen LogP contribution in [0.15, 0.2) is 72.8 Å². The number of unbranched alkanes of at least 4 members (excludes halogenated alkanes) is 1. The summed E-state index contributed by atoms with van der Waals surface area (Å²) in [5.41, 5.74) is 2.04. The first kappa shape index (κ1) is 25.2. The minimum Gasteiger partial charge on any atom is -0.468 e. The summed E-state index contributed by atoms with van der Waals surface area (Å²) in [4.78, 5) is 24.9. The number of hydrogen-bond acceptors (Lipinski definition) is 5. The third-order valence-corrected chi connectivity index (χ3v) is 5.82. The zero-order valence-electron chi connectivity index (χ0n) is 20.0. The van der Waals surface area contributed by atoms with E-state index in [1.165, 1.54) is 7.11 Å². The molecule has 0 saturated heterocycles. The molecule has 0 aliphatic heterocycles. The summed E-state index contributed by atoms with van der Waals surface area (Å²) < 4.78 is 10.4. The third-order valence-electron chi connectivity index (χ3n) is 5.82. The van der Waals surface area contributed by atoms with Gasteiger partial charge in [0, 0.05) is 12.6 Å². The zero-order chi connectivity index (χ0) is 24.2. The molecule has 0 saturated carbocycles. The monoisotopic (exact) mass is 462 g/mol. The van der Waals surface area contributed by atoms with Gasteiger partial charge in [0.15, 0.2) is 0 Å². The van der Waals surface area contributed by atoms with Gasteiger partial charge in [0.25, 0.3) is 0 Å². The Morgan fingerprint density at radius 2 is 1.68 bits per heavy atom. The van der Waals surface area contributed by atoms with Crippen molar-refractivity contribution >= 4 is 22.8 Å². The Balaban J connectivity index is 1.71. The third kappa shape index (κ3) is 7.59. The Labute approximate surface area is 201 Å². The van der Waals surface area contributed by atoms with Gasteiger partial charge in [-0.25, -0.2) is 4.79 Å². The van der Waals surface area contributed by atoms with Gasteiger partial charge in [-0.2, -0.15) is 0 Å². The van der Waals surface area contributed by atoms with Crippen LogP contribution in [-0.2, 0) is 27.3 Å². The summed E-state index contributed by atoms with van der Waals surface area (Å²) in [5.74, 6) is -0.288. The molecule has 3 rings (SSSR count). The number of rotatable bonds is 12. The van der Waals surface area contributed by atoms with E-state index in [2.05, 4.69) is 41.8 Å². The van der Waals surface area contributed by atoms with Crippen LogP contribution < -0.4 is 10.6 Å². The molecule has 0 aromatic heterocycles. The van der Waals surface area contributed by atoms with E-state index < -0.39 is 12.1 Å². The molecular weight excluding hydrogens is 428 g/mol. The molecule has 6 nitrogen and oxygen atoms in total. The standard InChI is InChI=1S/C28H34N2O4/c1-3-4-17-26(27(31)33-2)29-19-24(30-28(32)34-20-21-11-6-5-7-12-21)18-23-15-10-14-22-13-8-9-16-25(22)23/h5-16,24,26,29H,3-4,17-20H2,1-2H3,(H,30,32)/t24-,26-/m0/s1. The second-order valence-electron chi connectivity index (χ2n) is 8.37. The van der Waals surface area contributed by atoms with Crippen molar-refractivity contribution < 1.29 is 19.1 Å². The van der Waals surface area contributed by atoms with Crippen LogP contribution in [0, 0.1) is 0 Å². The van der Waals surface area contributed by atoms with Crippen molar-refractivity contribution in [3.8, 4) is 0 Å². The van der Waals surface area contributed by atoms with Crippen LogP contribution in [0.1, 0.15) is 37.3 Å². The fourth-order valence-corrected chi connectivity index (χ4v) is 3.98. The fraction of sp³-hybridized carbons (Fsp3) is 0.357. The molecule has 1 amide bonds. The minimum atomic E-state index is -0.487. The highest BCUT2D eigenvalue weighted by Crippen LogP contribution is 2.20. The predicted octanol–water partition coefficient (Wildman–Crippen LogP) is 5.00. The number of benzene rings is 3. The normalized spacial score (nSPS) is 12.6. The average Bonchev–Trinajstić information content (AvgIpc) is 2.87. The lowest BCUT2D eigenvalue weighted by Crippen LogP contribution is -2.48. The Bertz CT molecular complexity index is 1050. The number of nitrogens with one attached hydrogen (secondary N) is 2. The van der Waals surface area contributed by atoms with Crippen molar-refractivity contribution in [2.24, 2.45) is 0 Å². The molecule has 2 atom stereocenters. The Hall–Kier alpha value is -3.38. The molecule has 2 N–H and O–H groups in total. The van der Waals surface area contributed by atoms with Crippen LogP contribution in [0.4, 0.5) is 4.79 Å². The van der Waals surface area contributed by atoms with Crippen molar-refractivity contribution in [3.63, 3.8) is 0 Å². The lowest BCUT2D eigenvalue weighted by atomic mass is 9.98. The number of carbonyl (C=O) groups is 2. The topological polar surface area (TPSA) is 76.7 Å².